The van der Waals surface area contributed by atoms with E-state index in [-0.39, 0.29) is 5.54 Å². The molecule has 2 atom stereocenters. The van der Waals surface area contributed by atoms with Crippen molar-refractivity contribution in [3.63, 3.8) is 0 Å². The van der Waals surface area contributed by atoms with Crippen molar-refractivity contribution in [3.8, 4) is 0 Å². The summed E-state index contributed by atoms with van der Waals surface area (Å²) in [4.78, 5) is 2.73. The van der Waals surface area contributed by atoms with E-state index in [0.717, 1.165) is 5.25 Å². The summed E-state index contributed by atoms with van der Waals surface area (Å²) in [5, 5.41) is 0.738. The molecule has 1 rings (SSSR count). The number of nitrogens with zero attached hydrogens (tertiary/aromatic N) is 1. The summed E-state index contributed by atoms with van der Waals surface area (Å²) in [6.45, 7) is 17.9. The molecular formula is C14H29NS. The Bertz CT molecular complexity index is 224. The molecule has 96 valence electrons. The van der Waals surface area contributed by atoms with Gasteiger partial charge in [0.2, 0.25) is 0 Å². The minimum atomic E-state index is 0.289. The van der Waals surface area contributed by atoms with Crippen LogP contribution in [0.1, 0.15) is 54.9 Å². The Labute approximate surface area is 106 Å². The highest BCUT2D eigenvalue weighted by Gasteiger charge is 2.40. The minimum Gasteiger partial charge on any atom is -0.294 e. The standard InChI is InChI=1S/C14H29NS/c1-11-12(13(2,3)4)15(14(5,6)7)9-8-10-16-11/h11-12H,8-10H2,1-7H3/t11?,12-/m1/s1. The second-order valence-corrected chi connectivity index (χ2v) is 8.59. The maximum Gasteiger partial charge on any atom is 0.0265 e. The normalized spacial score (nSPS) is 30.2. The first-order valence-electron chi connectivity index (χ1n) is 6.52. The average Bonchev–Trinajstić information content (AvgIpc) is 2.23. The van der Waals surface area contributed by atoms with Gasteiger partial charge in [0.15, 0.2) is 0 Å². The van der Waals surface area contributed by atoms with Crippen LogP contribution in [0.4, 0.5) is 0 Å². The number of hydrogen-bond donors (Lipinski definition) is 0. The van der Waals surface area contributed by atoms with Crippen molar-refractivity contribution >= 4 is 11.8 Å². The quantitative estimate of drug-likeness (QED) is 0.632. The summed E-state index contributed by atoms with van der Waals surface area (Å²) in [6.07, 6.45) is 1.33. The van der Waals surface area contributed by atoms with Crippen molar-refractivity contribution in [1.82, 2.24) is 4.90 Å². The molecule has 1 aliphatic rings. The number of hydrogen-bond acceptors (Lipinski definition) is 2. The maximum atomic E-state index is 2.73. The van der Waals surface area contributed by atoms with Crippen molar-refractivity contribution in [2.75, 3.05) is 12.3 Å². The molecule has 16 heavy (non-hydrogen) atoms. The first kappa shape index (κ1) is 14.4. The third-order valence-electron chi connectivity index (χ3n) is 3.45. The zero-order valence-electron chi connectivity index (χ0n) is 12.1. The highest BCUT2D eigenvalue weighted by molar-refractivity contribution is 7.99. The Morgan fingerprint density at radius 3 is 2.06 bits per heavy atom. The monoisotopic (exact) mass is 243 g/mol. The summed E-state index contributed by atoms with van der Waals surface area (Å²) >= 11 is 2.15. The Morgan fingerprint density at radius 1 is 1.06 bits per heavy atom. The molecule has 0 radical (unpaired) electrons. The van der Waals surface area contributed by atoms with E-state index in [1.807, 2.05) is 0 Å². The van der Waals surface area contributed by atoms with Crippen LogP contribution in [0.2, 0.25) is 0 Å². The van der Waals surface area contributed by atoms with E-state index < -0.39 is 0 Å². The molecule has 0 saturated carbocycles. The molecule has 0 spiro atoms. The lowest BCUT2D eigenvalue weighted by molar-refractivity contribution is 0.0256. The molecule has 0 aromatic rings. The largest absolute Gasteiger partial charge is 0.294 e. The molecule has 0 N–H and O–H groups in total. The Kier molecular flexibility index (Phi) is 4.40. The lowest BCUT2D eigenvalue weighted by atomic mass is 9.81. The molecule has 0 aromatic heterocycles. The SMILES string of the molecule is CC1SCCCN(C(C)(C)C)[C@H]1C(C)(C)C. The van der Waals surface area contributed by atoms with Crippen LogP contribution in [0.15, 0.2) is 0 Å². The van der Waals surface area contributed by atoms with Crippen LogP contribution in [0.25, 0.3) is 0 Å². The van der Waals surface area contributed by atoms with Gasteiger partial charge >= 0.3 is 0 Å². The highest BCUT2D eigenvalue weighted by Crippen LogP contribution is 2.38. The van der Waals surface area contributed by atoms with Gasteiger partial charge in [-0.25, -0.2) is 0 Å². The third kappa shape index (κ3) is 3.40. The fraction of sp³-hybridized carbons (Fsp3) is 1.00. The summed E-state index contributed by atoms with van der Waals surface area (Å²) in [7, 11) is 0. The van der Waals surface area contributed by atoms with E-state index in [1.165, 1.54) is 18.7 Å². The summed E-state index contributed by atoms with van der Waals surface area (Å²) in [5.74, 6) is 1.32. The van der Waals surface area contributed by atoms with E-state index in [0.29, 0.717) is 11.5 Å². The molecular weight excluding hydrogens is 214 g/mol. The predicted molar refractivity (Wildman–Crippen MR) is 76.2 cm³/mol. The van der Waals surface area contributed by atoms with Crippen LogP contribution >= 0.6 is 11.8 Å². The fourth-order valence-corrected chi connectivity index (χ4v) is 4.32. The minimum absolute atomic E-state index is 0.289. The molecule has 1 saturated heterocycles. The molecule has 0 bridgehead atoms. The van der Waals surface area contributed by atoms with Gasteiger partial charge in [-0.1, -0.05) is 27.7 Å². The van der Waals surface area contributed by atoms with Crippen LogP contribution < -0.4 is 0 Å². The first-order valence-corrected chi connectivity index (χ1v) is 7.57. The van der Waals surface area contributed by atoms with Crippen molar-refractivity contribution in [3.05, 3.63) is 0 Å². The van der Waals surface area contributed by atoms with Gasteiger partial charge in [-0.15, -0.1) is 0 Å². The molecule has 1 heterocycles. The highest BCUT2D eigenvalue weighted by atomic mass is 32.2. The van der Waals surface area contributed by atoms with Gasteiger partial charge < -0.3 is 0 Å². The van der Waals surface area contributed by atoms with Gasteiger partial charge in [0.1, 0.15) is 0 Å². The van der Waals surface area contributed by atoms with Crippen molar-refractivity contribution in [1.29, 1.82) is 0 Å². The van der Waals surface area contributed by atoms with Gasteiger partial charge in [0, 0.05) is 16.8 Å². The molecule has 1 unspecified atom stereocenters. The summed E-state index contributed by atoms with van der Waals surface area (Å²) in [6, 6.07) is 0.681. The van der Waals surface area contributed by atoms with Gasteiger partial charge in [-0.2, -0.15) is 11.8 Å². The number of thioether (sulfide) groups is 1. The van der Waals surface area contributed by atoms with E-state index in [9.17, 15) is 0 Å². The topological polar surface area (TPSA) is 3.24 Å². The molecule has 1 aliphatic heterocycles. The van der Waals surface area contributed by atoms with Gasteiger partial charge in [-0.3, -0.25) is 4.90 Å². The Balaban J connectivity index is 3.00. The van der Waals surface area contributed by atoms with Crippen molar-refractivity contribution < 1.29 is 0 Å². The number of rotatable bonds is 0. The zero-order valence-corrected chi connectivity index (χ0v) is 12.9. The van der Waals surface area contributed by atoms with Crippen LogP contribution in [0.5, 0.6) is 0 Å². The third-order valence-corrected chi connectivity index (χ3v) is 4.76. The maximum absolute atomic E-state index is 2.73. The first-order chi connectivity index (χ1) is 7.14. The smallest absolute Gasteiger partial charge is 0.0265 e. The molecule has 1 fully saturated rings. The van der Waals surface area contributed by atoms with E-state index in [2.05, 4.69) is 65.1 Å². The molecule has 0 aromatic carbocycles. The van der Waals surface area contributed by atoms with Gasteiger partial charge in [0.25, 0.3) is 0 Å². The molecule has 1 nitrogen and oxygen atoms in total. The van der Waals surface area contributed by atoms with Crippen LogP contribution in [0.3, 0.4) is 0 Å². The molecule has 0 amide bonds. The predicted octanol–water partition coefficient (Wildman–Crippen LogP) is 4.03. The van der Waals surface area contributed by atoms with E-state index in [1.54, 1.807) is 0 Å². The summed E-state index contributed by atoms with van der Waals surface area (Å²) in [5.41, 5.74) is 0.654. The van der Waals surface area contributed by atoms with Crippen molar-refractivity contribution in [2.24, 2.45) is 5.41 Å². The summed E-state index contributed by atoms with van der Waals surface area (Å²) < 4.78 is 0. The average molecular weight is 243 g/mol. The van der Waals surface area contributed by atoms with Crippen LogP contribution in [-0.2, 0) is 0 Å². The van der Waals surface area contributed by atoms with Crippen molar-refractivity contribution in [2.45, 2.75) is 71.7 Å². The lowest BCUT2D eigenvalue weighted by Gasteiger charge is -2.48. The van der Waals surface area contributed by atoms with E-state index >= 15 is 0 Å². The van der Waals surface area contributed by atoms with E-state index in [4.69, 9.17) is 0 Å². The molecule has 2 heteroatoms. The van der Waals surface area contributed by atoms with Gasteiger partial charge in [0.05, 0.1) is 0 Å². The Morgan fingerprint density at radius 2 is 1.62 bits per heavy atom. The zero-order chi connectivity index (χ0) is 12.6. The lowest BCUT2D eigenvalue weighted by Crippen LogP contribution is -2.56. The Hall–Kier alpha value is 0.310. The molecule has 0 aliphatic carbocycles. The second kappa shape index (κ2) is 4.89. The fourth-order valence-electron chi connectivity index (χ4n) is 2.91. The van der Waals surface area contributed by atoms with Gasteiger partial charge in [-0.05, 0) is 44.9 Å². The van der Waals surface area contributed by atoms with Crippen LogP contribution in [-0.4, -0.2) is 34.0 Å². The van der Waals surface area contributed by atoms with Crippen LogP contribution in [0, 0.1) is 5.41 Å². The second-order valence-electron chi connectivity index (χ2n) is 7.10.